The summed E-state index contributed by atoms with van der Waals surface area (Å²) >= 11 is 0. The lowest BCUT2D eigenvalue weighted by atomic mass is 9.87. The van der Waals surface area contributed by atoms with Gasteiger partial charge in [-0.2, -0.15) is 0 Å². The number of nitrogens with one attached hydrogen (secondary N) is 1. The van der Waals surface area contributed by atoms with Crippen molar-refractivity contribution in [3.63, 3.8) is 0 Å². The molecule has 0 radical (unpaired) electrons. The molecule has 1 aliphatic rings. The normalized spacial score (nSPS) is 16.9. The van der Waals surface area contributed by atoms with E-state index >= 15 is 0 Å². The Labute approximate surface area is 123 Å². The molecule has 3 heteroatoms. The Kier molecular flexibility index (Phi) is 3.59. The van der Waals surface area contributed by atoms with Gasteiger partial charge in [0.2, 0.25) is 0 Å². The lowest BCUT2D eigenvalue weighted by Gasteiger charge is -2.23. The number of aliphatic hydroxyl groups excluding tert-OH is 1. The maximum absolute atomic E-state index is 12.3. The van der Waals surface area contributed by atoms with Crippen molar-refractivity contribution in [3.05, 3.63) is 70.8 Å². The minimum Gasteiger partial charge on any atom is -0.388 e. The molecule has 0 aromatic heterocycles. The summed E-state index contributed by atoms with van der Waals surface area (Å²) in [6.45, 7) is 2.02. The lowest BCUT2D eigenvalue weighted by Crippen LogP contribution is -2.28. The van der Waals surface area contributed by atoms with Crippen LogP contribution in [0.2, 0.25) is 0 Å². The largest absolute Gasteiger partial charge is 0.388 e. The predicted molar refractivity (Wildman–Crippen MR) is 83.9 cm³/mol. The molecule has 1 unspecified atom stereocenters. The van der Waals surface area contributed by atoms with Gasteiger partial charge in [0.25, 0.3) is 5.91 Å². The molecule has 3 rings (SSSR count). The van der Waals surface area contributed by atoms with E-state index in [0.29, 0.717) is 12.0 Å². The maximum Gasteiger partial charge on any atom is 0.254 e. The molecule has 0 saturated carbocycles. The van der Waals surface area contributed by atoms with Gasteiger partial charge in [-0.25, -0.2) is 0 Å². The number of carbonyl (C=O) groups is 1. The molecule has 0 heterocycles. The first-order valence-corrected chi connectivity index (χ1v) is 6.99. The molecule has 1 aliphatic carbocycles. The number of rotatable bonds is 2. The van der Waals surface area contributed by atoms with Crippen molar-refractivity contribution in [2.75, 3.05) is 5.32 Å². The van der Waals surface area contributed by atoms with Gasteiger partial charge in [0, 0.05) is 17.7 Å². The fraction of sp³-hybridized carbons (Fsp3) is 0.167. The average Bonchev–Trinajstić information content (AvgIpc) is 2.48. The molecule has 1 amide bonds. The van der Waals surface area contributed by atoms with Crippen molar-refractivity contribution in [2.45, 2.75) is 19.4 Å². The highest BCUT2D eigenvalue weighted by Crippen LogP contribution is 2.27. The first-order chi connectivity index (χ1) is 10.1. The second-order valence-electron chi connectivity index (χ2n) is 5.28. The molecule has 21 heavy (non-hydrogen) atoms. The zero-order chi connectivity index (χ0) is 14.8. The van der Waals surface area contributed by atoms with Gasteiger partial charge in [-0.05, 0) is 41.8 Å². The fourth-order valence-electron chi connectivity index (χ4n) is 2.65. The van der Waals surface area contributed by atoms with Gasteiger partial charge in [0.15, 0.2) is 0 Å². The van der Waals surface area contributed by atoms with Gasteiger partial charge >= 0.3 is 0 Å². The van der Waals surface area contributed by atoms with Crippen LogP contribution < -0.4 is 5.32 Å². The summed E-state index contributed by atoms with van der Waals surface area (Å²) in [6, 6.07) is 15.2. The van der Waals surface area contributed by atoms with Crippen LogP contribution in [0.15, 0.2) is 54.1 Å². The summed E-state index contributed by atoms with van der Waals surface area (Å²) in [7, 11) is 0. The van der Waals surface area contributed by atoms with Crippen molar-refractivity contribution in [3.8, 4) is 0 Å². The first kappa shape index (κ1) is 13.6. The van der Waals surface area contributed by atoms with E-state index in [1.54, 1.807) is 6.08 Å². The van der Waals surface area contributed by atoms with E-state index in [9.17, 15) is 9.90 Å². The second kappa shape index (κ2) is 5.54. The van der Waals surface area contributed by atoms with E-state index in [2.05, 4.69) is 5.32 Å². The topological polar surface area (TPSA) is 49.3 Å². The highest BCUT2D eigenvalue weighted by atomic mass is 16.3. The van der Waals surface area contributed by atoms with Crippen LogP contribution in [-0.2, 0) is 11.2 Å². The van der Waals surface area contributed by atoms with Crippen molar-refractivity contribution >= 4 is 17.7 Å². The Balaban J connectivity index is 1.89. The molecule has 0 fully saturated rings. The Morgan fingerprint density at radius 2 is 1.90 bits per heavy atom. The molecule has 0 bridgehead atoms. The second-order valence-corrected chi connectivity index (χ2v) is 5.28. The molecule has 106 valence electrons. The van der Waals surface area contributed by atoms with Crippen LogP contribution in [0, 0.1) is 6.92 Å². The number of hydrogen-bond acceptors (Lipinski definition) is 2. The van der Waals surface area contributed by atoms with Crippen LogP contribution >= 0.6 is 0 Å². The third-order valence-electron chi connectivity index (χ3n) is 3.81. The van der Waals surface area contributed by atoms with E-state index in [1.165, 1.54) is 0 Å². The molecule has 0 aliphatic heterocycles. The smallest absolute Gasteiger partial charge is 0.254 e. The minimum atomic E-state index is -0.762. The van der Waals surface area contributed by atoms with Crippen LogP contribution in [0.3, 0.4) is 0 Å². The number of aliphatic hydroxyl groups is 1. The quantitative estimate of drug-likeness (QED) is 0.888. The summed E-state index contributed by atoms with van der Waals surface area (Å²) in [4.78, 5) is 12.3. The SMILES string of the molecule is Cc1cccc2c1CC(O)C(C(=O)Nc1ccccc1)=C2. The number of carbonyl (C=O) groups excluding carboxylic acids is 1. The Morgan fingerprint density at radius 3 is 2.67 bits per heavy atom. The van der Waals surface area contributed by atoms with E-state index in [4.69, 9.17) is 0 Å². The molecule has 2 aromatic rings. The van der Waals surface area contributed by atoms with Crippen molar-refractivity contribution < 1.29 is 9.90 Å². The van der Waals surface area contributed by atoms with Crippen LogP contribution in [0.5, 0.6) is 0 Å². The third-order valence-corrected chi connectivity index (χ3v) is 3.81. The van der Waals surface area contributed by atoms with Crippen molar-refractivity contribution in [2.24, 2.45) is 0 Å². The molecule has 2 aromatic carbocycles. The summed E-state index contributed by atoms with van der Waals surface area (Å²) in [5.41, 5.74) is 4.41. The number of anilines is 1. The van der Waals surface area contributed by atoms with Crippen molar-refractivity contribution in [1.29, 1.82) is 0 Å². The Bertz CT molecular complexity index is 704. The number of para-hydroxylation sites is 1. The minimum absolute atomic E-state index is 0.249. The van der Waals surface area contributed by atoms with Crippen LogP contribution in [0.4, 0.5) is 5.69 Å². The number of amides is 1. The Hall–Kier alpha value is -2.39. The summed E-state index contributed by atoms with van der Waals surface area (Å²) in [5, 5.41) is 13.1. The number of hydrogen-bond donors (Lipinski definition) is 2. The van der Waals surface area contributed by atoms with Crippen molar-refractivity contribution in [1.82, 2.24) is 0 Å². The van der Waals surface area contributed by atoms with E-state index in [-0.39, 0.29) is 5.91 Å². The zero-order valence-electron chi connectivity index (χ0n) is 11.8. The van der Waals surface area contributed by atoms with Gasteiger partial charge in [-0.1, -0.05) is 36.4 Å². The Morgan fingerprint density at radius 1 is 1.14 bits per heavy atom. The number of aryl methyl sites for hydroxylation is 1. The van der Waals surface area contributed by atoms with Gasteiger partial charge in [-0.3, -0.25) is 4.79 Å². The summed E-state index contributed by atoms with van der Waals surface area (Å²) < 4.78 is 0. The maximum atomic E-state index is 12.3. The average molecular weight is 279 g/mol. The van der Waals surface area contributed by atoms with Gasteiger partial charge in [-0.15, -0.1) is 0 Å². The molecule has 1 atom stereocenters. The number of fused-ring (bicyclic) bond motifs is 1. The van der Waals surface area contributed by atoms with Crippen LogP contribution in [0.25, 0.3) is 6.08 Å². The monoisotopic (exact) mass is 279 g/mol. The fourth-order valence-corrected chi connectivity index (χ4v) is 2.65. The zero-order valence-corrected chi connectivity index (χ0v) is 11.8. The molecule has 2 N–H and O–H groups in total. The van der Waals surface area contributed by atoms with Crippen LogP contribution in [0.1, 0.15) is 16.7 Å². The first-order valence-electron chi connectivity index (χ1n) is 6.99. The number of benzene rings is 2. The molecular formula is C18H17NO2. The third kappa shape index (κ3) is 2.73. The van der Waals surface area contributed by atoms with Gasteiger partial charge < -0.3 is 10.4 Å². The van der Waals surface area contributed by atoms with Gasteiger partial charge in [0.05, 0.1) is 6.10 Å². The van der Waals surface area contributed by atoms with Gasteiger partial charge in [0.1, 0.15) is 0 Å². The van der Waals surface area contributed by atoms with Crippen LogP contribution in [-0.4, -0.2) is 17.1 Å². The molecule has 0 spiro atoms. The van der Waals surface area contributed by atoms with E-state index in [1.807, 2.05) is 55.5 Å². The van der Waals surface area contributed by atoms with E-state index < -0.39 is 6.10 Å². The lowest BCUT2D eigenvalue weighted by molar-refractivity contribution is -0.113. The predicted octanol–water partition coefficient (Wildman–Crippen LogP) is 2.93. The highest BCUT2D eigenvalue weighted by molar-refractivity contribution is 6.08. The summed E-state index contributed by atoms with van der Waals surface area (Å²) in [5.74, 6) is -0.249. The highest BCUT2D eigenvalue weighted by Gasteiger charge is 2.25. The molecular weight excluding hydrogens is 262 g/mol. The summed E-state index contributed by atoms with van der Waals surface area (Å²) in [6.07, 6.45) is 1.51. The van der Waals surface area contributed by atoms with E-state index in [0.717, 1.165) is 22.4 Å². The molecule has 3 nitrogen and oxygen atoms in total. The standard InChI is InChI=1S/C18H17NO2/c1-12-6-5-7-13-10-16(17(20)11-15(12)13)18(21)19-14-8-3-2-4-9-14/h2-10,17,20H,11H2,1H3,(H,19,21). The molecule has 0 saturated heterocycles.